The summed E-state index contributed by atoms with van der Waals surface area (Å²) in [7, 11) is -0.475. The van der Waals surface area contributed by atoms with Crippen molar-refractivity contribution in [1.82, 2.24) is 9.55 Å². The zero-order valence-corrected chi connectivity index (χ0v) is 18.8. The van der Waals surface area contributed by atoms with Crippen molar-refractivity contribution in [3.05, 3.63) is 33.1 Å². The molecule has 1 heterocycles. The Morgan fingerprint density at radius 3 is 2.59 bits per heavy atom. The molecule has 0 aliphatic rings. The van der Waals surface area contributed by atoms with E-state index in [1.807, 2.05) is 13.8 Å². The number of unbranched alkanes of at least 4 members (excludes halogenated alkanes) is 1. The minimum atomic E-state index is -1.99. The Balaban J connectivity index is 0.00000326. The maximum Gasteiger partial charge on any atom is 0.329 e. The van der Waals surface area contributed by atoms with Crippen LogP contribution < -0.4 is 11.2 Å². The van der Waals surface area contributed by atoms with Crippen molar-refractivity contribution in [2.24, 2.45) is 0 Å². The number of aryl methyl sites for hydroxylation is 1. The Kier molecular flexibility index (Phi) is 17.4. The largest absolute Gasteiger partial charge is 0.379 e. The van der Waals surface area contributed by atoms with Crippen LogP contribution in [-0.4, -0.2) is 47.5 Å². The molecule has 0 spiro atoms. The number of aromatic nitrogens is 2. The van der Waals surface area contributed by atoms with Gasteiger partial charge in [-0.05, 0) is 19.3 Å². The van der Waals surface area contributed by atoms with Gasteiger partial charge in [0.15, 0.2) is 23.0 Å². The number of nitrogens with one attached hydrogen (secondary N) is 1. The number of halogens is 1. The van der Waals surface area contributed by atoms with E-state index in [0.717, 1.165) is 6.42 Å². The summed E-state index contributed by atoms with van der Waals surface area (Å²) in [4.78, 5) is 39.1. The molecule has 27 heavy (non-hydrogen) atoms. The normalized spacial score (nSPS) is 12.9. The summed E-state index contributed by atoms with van der Waals surface area (Å²) in [5, 5.41) is 0. The minimum Gasteiger partial charge on any atom is -0.379 e. The number of nitrogens with zero attached hydrogens (tertiary/aromatic N) is 1. The Morgan fingerprint density at radius 2 is 1.96 bits per heavy atom. The molecular formula is C15H28IN2O8P. The highest BCUT2D eigenvalue weighted by atomic mass is 127. The molecule has 1 aromatic heterocycles. The van der Waals surface area contributed by atoms with Crippen LogP contribution in [0.1, 0.15) is 33.1 Å². The van der Waals surface area contributed by atoms with Gasteiger partial charge in [-0.1, -0.05) is 13.8 Å². The highest BCUT2D eigenvalue weighted by molar-refractivity contribution is 14.1. The first kappa shape index (κ1) is 26.6. The zero-order valence-electron chi connectivity index (χ0n) is 15.8. The minimum absolute atomic E-state index is 0.128. The third-order valence-corrected chi connectivity index (χ3v) is 4.19. The fourth-order valence-electron chi connectivity index (χ4n) is 1.79. The maximum absolute atomic E-state index is 11.6. The second kappa shape index (κ2) is 17.7. The monoisotopic (exact) mass is 522 g/mol. The lowest BCUT2D eigenvalue weighted by Crippen LogP contribution is -2.30. The summed E-state index contributed by atoms with van der Waals surface area (Å²) in [6.07, 6.45) is 3.00. The van der Waals surface area contributed by atoms with Crippen LogP contribution in [0.5, 0.6) is 0 Å². The molecule has 1 rings (SSSR count). The van der Waals surface area contributed by atoms with Gasteiger partial charge in [0.2, 0.25) is 0 Å². The first-order chi connectivity index (χ1) is 13.1. The molecule has 2 atom stereocenters. The van der Waals surface area contributed by atoms with Crippen LogP contribution in [0.15, 0.2) is 21.9 Å². The van der Waals surface area contributed by atoms with Crippen LogP contribution in [-0.2, 0) is 28.4 Å². The Morgan fingerprint density at radius 1 is 1.26 bits per heavy atom. The van der Waals surface area contributed by atoms with Gasteiger partial charge in [0.25, 0.3) is 5.56 Å². The van der Waals surface area contributed by atoms with Crippen molar-refractivity contribution >= 4 is 31.6 Å². The summed E-state index contributed by atoms with van der Waals surface area (Å²) in [5.74, 6) is 0. The lowest BCUT2D eigenvalue weighted by molar-refractivity contribution is -0.166. The van der Waals surface area contributed by atoms with Gasteiger partial charge < -0.3 is 23.2 Å². The molecule has 2 N–H and O–H groups in total. The van der Waals surface area contributed by atoms with Gasteiger partial charge in [-0.3, -0.25) is 9.78 Å². The van der Waals surface area contributed by atoms with Crippen molar-refractivity contribution in [2.45, 2.75) is 45.8 Å². The van der Waals surface area contributed by atoms with Gasteiger partial charge in [-0.2, -0.15) is 3.22 Å². The second-order valence-electron chi connectivity index (χ2n) is 4.91. The summed E-state index contributed by atoms with van der Waals surface area (Å²) in [6.45, 7) is 5.27. The van der Waals surface area contributed by atoms with Crippen molar-refractivity contribution in [1.29, 1.82) is 0 Å². The number of rotatable bonds is 14. The number of hydrogen-bond donors (Lipinski definition) is 2. The quantitative estimate of drug-likeness (QED) is 0.126. The number of hydrogen-bond acceptors (Lipinski definition) is 8. The average Bonchev–Trinajstić information content (AvgIpc) is 2.67. The van der Waals surface area contributed by atoms with Crippen molar-refractivity contribution in [3.8, 4) is 0 Å². The number of aromatic amines is 1. The van der Waals surface area contributed by atoms with E-state index >= 15 is 0 Å². The van der Waals surface area contributed by atoms with Crippen LogP contribution >= 0.6 is 31.6 Å². The molecule has 0 saturated carbocycles. The molecule has 0 amide bonds. The summed E-state index contributed by atoms with van der Waals surface area (Å²) in [5.41, 5.74) is -0.919. The van der Waals surface area contributed by atoms with E-state index in [2.05, 4.69) is 8.20 Å². The first-order valence-corrected chi connectivity index (χ1v) is 10.6. The molecule has 10 nitrogen and oxygen atoms in total. The predicted molar refractivity (Wildman–Crippen MR) is 109 cm³/mol. The number of ether oxygens (including phenoxy) is 1. The predicted octanol–water partition coefficient (Wildman–Crippen LogP) is 2.30. The van der Waals surface area contributed by atoms with E-state index < -0.39 is 19.9 Å². The van der Waals surface area contributed by atoms with E-state index in [0.29, 0.717) is 32.6 Å². The van der Waals surface area contributed by atoms with Crippen LogP contribution in [0.25, 0.3) is 0 Å². The molecule has 0 fully saturated rings. The van der Waals surface area contributed by atoms with Crippen LogP contribution in [0.4, 0.5) is 0 Å². The van der Waals surface area contributed by atoms with Crippen molar-refractivity contribution < 1.29 is 26.8 Å². The van der Waals surface area contributed by atoms with Gasteiger partial charge in [-0.25, -0.2) is 9.68 Å². The smallest absolute Gasteiger partial charge is 0.329 e. The summed E-state index contributed by atoms with van der Waals surface area (Å²) >= 11 is 1.64. The van der Waals surface area contributed by atoms with Crippen LogP contribution in [0.2, 0.25) is 0 Å². The van der Waals surface area contributed by atoms with Gasteiger partial charge >= 0.3 is 14.3 Å². The second-order valence-corrected chi connectivity index (χ2v) is 6.26. The average molecular weight is 522 g/mol. The molecule has 0 radical (unpaired) electrons. The molecular weight excluding hydrogens is 494 g/mol. The molecule has 1 aromatic rings. The van der Waals surface area contributed by atoms with Gasteiger partial charge in [-0.15, -0.1) is 0 Å². The molecule has 0 aliphatic carbocycles. The fourth-order valence-corrected chi connectivity index (χ4v) is 2.63. The lowest BCUT2D eigenvalue weighted by atomic mass is 10.2. The molecule has 158 valence electrons. The Hall–Kier alpha value is -0.400. The third-order valence-electron chi connectivity index (χ3n) is 3.16. The molecule has 0 bridgehead atoms. The number of methoxy groups -OCH3 is 1. The van der Waals surface area contributed by atoms with E-state index in [4.69, 9.17) is 18.7 Å². The molecule has 0 aliphatic heterocycles. The summed E-state index contributed by atoms with van der Waals surface area (Å²) in [6, 6.07) is 1.28. The number of H-pyrrole nitrogens is 1. The van der Waals surface area contributed by atoms with E-state index in [9.17, 15) is 14.5 Å². The zero-order chi connectivity index (χ0) is 20.5. The van der Waals surface area contributed by atoms with Gasteiger partial charge in [0.05, 0.1) is 25.9 Å². The fraction of sp³-hybridized carbons (Fsp3) is 0.733. The molecule has 12 heteroatoms. The van der Waals surface area contributed by atoms with Crippen molar-refractivity contribution in [2.75, 3.05) is 26.9 Å². The van der Waals surface area contributed by atoms with Crippen molar-refractivity contribution in [3.63, 3.8) is 0 Å². The van der Waals surface area contributed by atoms with Gasteiger partial charge in [0, 0.05) is 25.9 Å². The van der Waals surface area contributed by atoms with Gasteiger partial charge in [0.1, 0.15) is 0 Å². The standard InChI is InChI=1S/C13H22IN2O8P.C2H6/c1-20-11(4-6-16-7-5-12(17)15-13(16)18)10-23-25(19)22-9-3-2-8-21-24-14;1-2/h5,7,11,19H,2-4,6,8-10H2,1H3,(H,15,17,18);1-2H3. The van der Waals surface area contributed by atoms with E-state index in [-0.39, 0.29) is 12.7 Å². The lowest BCUT2D eigenvalue weighted by Gasteiger charge is -2.17. The SMILES string of the molecule is CC.COC(CCn1ccc(=O)[nH]c1=O)COP(O)OCCCCOOI. The maximum atomic E-state index is 11.6. The topological polar surface area (TPSA) is 121 Å². The Labute approximate surface area is 173 Å². The van der Waals surface area contributed by atoms with E-state index in [1.54, 1.807) is 23.0 Å². The Bertz CT molecular complexity index is 585. The van der Waals surface area contributed by atoms with E-state index in [1.165, 1.54) is 23.9 Å². The van der Waals surface area contributed by atoms with Crippen LogP contribution in [0.3, 0.4) is 0 Å². The third kappa shape index (κ3) is 13.4. The highest BCUT2D eigenvalue weighted by Gasteiger charge is 2.13. The summed E-state index contributed by atoms with van der Waals surface area (Å²) < 4.78 is 21.4. The molecule has 0 aromatic carbocycles. The first-order valence-electron chi connectivity index (χ1n) is 8.54. The molecule has 2 unspecified atom stereocenters. The van der Waals surface area contributed by atoms with Crippen LogP contribution in [0, 0.1) is 0 Å². The highest BCUT2D eigenvalue weighted by Crippen LogP contribution is 2.33. The molecule has 0 saturated heterocycles.